The van der Waals surface area contributed by atoms with Crippen LogP contribution in [0.5, 0.6) is 0 Å². The fourth-order valence-corrected chi connectivity index (χ4v) is 2.14. The van der Waals surface area contributed by atoms with Gasteiger partial charge in [0.15, 0.2) is 0 Å². The molecule has 1 aromatic carbocycles. The van der Waals surface area contributed by atoms with E-state index in [9.17, 15) is 0 Å². The SMILES string of the molecule is CCCNCc1ccc(-c2ccc(C)c(Br)c2)o1. The Kier molecular flexibility index (Phi) is 4.61. The van der Waals surface area contributed by atoms with Gasteiger partial charge in [-0.15, -0.1) is 0 Å². The molecule has 2 nitrogen and oxygen atoms in total. The molecule has 0 bridgehead atoms. The molecule has 1 heterocycles. The van der Waals surface area contributed by atoms with E-state index < -0.39 is 0 Å². The van der Waals surface area contributed by atoms with Gasteiger partial charge in [0.25, 0.3) is 0 Å². The predicted molar refractivity (Wildman–Crippen MR) is 78.6 cm³/mol. The van der Waals surface area contributed by atoms with Crippen molar-refractivity contribution in [3.8, 4) is 11.3 Å². The Morgan fingerprint density at radius 3 is 2.78 bits per heavy atom. The van der Waals surface area contributed by atoms with Crippen LogP contribution in [-0.4, -0.2) is 6.54 Å². The summed E-state index contributed by atoms with van der Waals surface area (Å²) in [7, 11) is 0. The lowest BCUT2D eigenvalue weighted by Crippen LogP contribution is -2.12. The number of rotatable bonds is 5. The topological polar surface area (TPSA) is 25.2 Å². The summed E-state index contributed by atoms with van der Waals surface area (Å²) >= 11 is 3.55. The molecular weight excluding hydrogens is 290 g/mol. The zero-order valence-electron chi connectivity index (χ0n) is 10.8. The van der Waals surface area contributed by atoms with Crippen LogP contribution in [0, 0.1) is 6.92 Å². The minimum atomic E-state index is 0.793. The molecule has 0 atom stereocenters. The maximum absolute atomic E-state index is 5.83. The molecule has 0 saturated heterocycles. The van der Waals surface area contributed by atoms with Gasteiger partial charge in [0, 0.05) is 10.0 Å². The Bertz CT molecular complexity index is 519. The van der Waals surface area contributed by atoms with Gasteiger partial charge >= 0.3 is 0 Å². The van der Waals surface area contributed by atoms with Gasteiger partial charge in [0.1, 0.15) is 11.5 Å². The second-order valence-corrected chi connectivity index (χ2v) is 5.26. The van der Waals surface area contributed by atoms with Crippen LogP contribution in [0.25, 0.3) is 11.3 Å². The Balaban J connectivity index is 2.11. The molecule has 96 valence electrons. The van der Waals surface area contributed by atoms with Crippen LogP contribution in [0.4, 0.5) is 0 Å². The third-order valence-electron chi connectivity index (χ3n) is 2.84. The minimum absolute atomic E-state index is 0.793. The third kappa shape index (κ3) is 3.24. The first-order chi connectivity index (χ1) is 8.70. The monoisotopic (exact) mass is 307 g/mol. The van der Waals surface area contributed by atoms with E-state index in [0.29, 0.717) is 0 Å². The van der Waals surface area contributed by atoms with E-state index in [1.165, 1.54) is 5.56 Å². The highest BCUT2D eigenvalue weighted by molar-refractivity contribution is 9.10. The molecule has 0 unspecified atom stereocenters. The number of furan rings is 1. The summed E-state index contributed by atoms with van der Waals surface area (Å²) in [4.78, 5) is 0. The number of hydrogen-bond donors (Lipinski definition) is 1. The molecule has 0 amide bonds. The smallest absolute Gasteiger partial charge is 0.134 e. The van der Waals surface area contributed by atoms with Crippen molar-refractivity contribution in [3.05, 3.63) is 46.1 Å². The maximum Gasteiger partial charge on any atom is 0.134 e. The number of nitrogens with one attached hydrogen (secondary N) is 1. The van der Waals surface area contributed by atoms with Gasteiger partial charge in [-0.05, 0) is 43.7 Å². The van der Waals surface area contributed by atoms with Gasteiger partial charge in [-0.1, -0.05) is 35.0 Å². The second kappa shape index (κ2) is 6.21. The van der Waals surface area contributed by atoms with E-state index in [-0.39, 0.29) is 0 Å². The maximum atomic E-state index is 5.83. The zero-order chi connectivity index (χ0) is 13.0. The van der Waals surface area contributed by atoms with E-state index >= 15 is 0 Å². The summed E-state index contributed by atoms with van der Waals surface area (Å²) in [6.45, 7) is 6.05. The molecule has 2 rings (SSSR count). The molecule has 3 heteroatoms. The number of hydrogen-bond acceptors (Lipinski definition) is 2. The fourth-order valence-electron chi connectivity index (χ4n) is 1.76. The lowest BCUT2D eigenvalue weighted by Gasteiger charge is -2.02. The fraction of sp³-hybridized carbons (Fsp3) is 0.333. The van der Waals surface area contributed by atoms with Gasteiger partial charge in [-0.2, -0.15) is 0 Å². The van der Waals surface area contributed by atoms with Crippen molar-refractivity contribution >= 4 is 15.9 Å². The highest BCUT2D eigenvalue weighted by Crippen LogP contribution is 2.27. The Labute approximate surface area is 117 Å². The average Bonchev–Trinajstić information content (AvgIpc) is 2.82. The van der Waals surface area contributed by atoms with E-state index in [1.807, 2.05) is 12.1 Å². The number of aryl methyl sites for hydroxylation is 1. The van der Waals surface area contributed by atoms with Crippen LogP contribution < -0.4 is 5.32 Å². The van der Waals surface area contributed by atoms with E-state index in [0.717, 1.165) is 41.1 Å². The quantitative estimate of drug-likeness (QED) is 0.822. The molecule has 0 aliphatic heterocycles. The Morgan fingerprint density at radius 2 is 2.06 bits per heavy atom. The Morgan fingerprint density at radius 1 is 1.22 bits per heavy atom. The molecule has 18 heavy (non-hydrogen) atoms. The first-order valence-corrected chi connectivity index (χ1v) is 7.06. The molecule has 1 aromatic heterocycles. The van der Waals surface area contributed by atoms with Crippen LogP contribution in [0.1, 0.15) is 24.7 Å². The molecular formula is C15H18BrNO. The van der Waals surface area contributed by atoms with Crippen molar-refractivity contribution in [3.63, 3.8) is 0 Å². The molecule has 0 radical (unpaired) electrons. The zero-order valence-corrected chi connectivity index (χ0v) is 12.4. The van der Waals surface area contributed by atoms with Crippen molar-refractivity contribution in [2.24, 2.45) is 0 Å². The summed E-state index contributed by atoms with van der Waals surface area (Å²) in [5, 5.41) is 3.33. The summed E-state index contributed by atoms with van der Waals surface area (Å²) < 4.78 is 6.94. The van der Waals surface area contributed by atoms with Crippen molar-refractivity contribution in [1.82, 2.24) is 5.32 Å². The molecule has 0 aliphatic rings. The standard InChI is InChI=1S/C15H18BrNO/c1-3-8-17-10-13-6-7-15(18-13)12-5-4-11(2)14(16)9-12/h4-7,9,17H,3,8,10H2,1-2H3. The highest BCUT2D eigenvalue weighted by Gasteiger charge is 2.06. The molecule has 1 N–H and O–H groups in total. The summed E-state index contributed by atoms with van der Waals surface area (Å²) in [5.74, 6) is 1.90. The Hall–Kier alpha value is -1.06. The van der Waals surface area contributed by atoms with Crippen molar-refractivity contribution in [1.29, 1.82) is 0 Å². The van der Waals surface area contributed by atoms with Crippen molar-refractivity contribution in [2.75, 3.05) is 6.54 Å². The molecule has 0 saturated carbocycles. The third-order valence-corrected chi connectivity index (χ3v) is 3.70. The molecule has 0 spiro atoms. The van der Waals surface area contributed by atoms with E-state index in [2.05, 4.69) is 53.3 Å². The van der Waals surface area contributed by atoms with E-state index in [4.69, 9.17) is 4.42 Å². The highest BCUT2D eigenvalue weighted by atomic mass is 79.9. The minimum Gasteiger partial charge on any atom is -0.460 e. The van der Waals surface area contributed by atoms with Crippen LogP contribution in [0.2, 0.25) is 0 Å². The second-order valence-electron chi connectivity index (χ2n) is 4.41. The molecule has 2 aromatic rings. The van der Waals surface area contributed by atoms with Gasteiger partial charge in [-0.3, -0.25) is 0 Å². The lowest BCUT2D eigenvalue weighted by molar-refractivity contribution is 0.493. The van der Waals surface area contributed by atoms with E-state index in [1.54, 1.807) is 0 Å². The average molecular weight is 308 g/mol. The van der Waals surface area contributed by atoms with Crippen LogP contribution in [0.15, 0.2) is 39.2 Å². The van der Waals surface area contributed by atoms with Crippen LogP contribution >= 0.6 is 15.9 Å². The van der Waals surface area contributed by atoms with Crippen molar-refractivity contribution in [2.45, 2.75) is 26.8 Å². The first-order valence-electron chi connectivity index (χ1n) is 6.26. The molecule has 0 fully saturated rings. The largest absolute Gasteiger partial charge is 0.460 e. The van der Waals surface area contributed by atoms with Crippen molar-refractivity contribution < 1.29 is 4.42 Å². The lowest BCUT2D eigenvalue weighted by atomic mass is 10.1. The normalized spacial score (nSPS) is 10.8. The van der Waals surface area contributed by atoms with Gasteiger partial charge in [0.05, 0.1) is 6.54 Å². The van der Waals surface area contributed by atoms with Gasteiger partial charge in [-0.25, -0.2) is 0 Å². The van der Waals surface area contributed by atoms with Gasteiger partial charge in [0.2, 0.25) is 0 Å². The number of halogens is 1. The number of benzene rings is 1. The molecule has 0 aliphatic carbocycles. The first kappa shape index (κ1) is 13.4. The van der Waals surface area contributed by atoms with Gasteiger partial charge < -0.3 is 9.73 Å². The summed E-state index contributed by atoms with van der Waals surface area (Å²) in [5.41, 5.74) is 2.34. The summed E-state index contributed by atoms with van der Waals surface area (Å²) in [6, 6.07) is 10.3. The van der Waals surface area contributed by atoms with Crippen LogP contribution in [-0.2, 0) is 6.54 Å². The predicted octanol–water partition coefficient (Wildman–Crippen LogP) is 4.52. The summed E-state index contributed by atoms with van der Waals surface area (Å²) in [6.07, 6.45) is 1.14. The van der Waals surface area contributed by atoms with Crippen LogP contribution in [0.3, 0.4) is 0 Å².